The van der Waals surface area contributed by atoms with Gasteiger partial charge in [-0.1, -0.05) is 32.6 Å². The molecule has 0 aliphatic heterocycles. The highest BCUT2D eigenvalue weighted by Crippen LogP contribution is 2.26. The van der Waals surface area contributed by atoms with Crippen LogP contribution < -0.4 is 0 Å². The number of hydrogen-bond donors (Lipinski definition) is 1. The van der Waals surface area contributed by atoms with E-state index >= 15 is 0 Å². The summed E-state index contributed by atoms with van der Waals surface area (Å²) < 4.78 is 4.93. The lowest BCUT2D eigenvalue weighted by Crippen LogP contribution is -2.48. The van der Waals surface area contributed by atoms with Gasteiger partial charge in [0.1, 0.15) is 6.04 Å². The molecule has 0 aromatic carbocycles. The van der Waals surface area contributed by atoms with Crippen molar-refractivity contribution < 1.29 is 14.6 Å². The van der Waals surface area contributed by atoms with Gasteiger partial charge in [0.05, 0.1) is 13.7 Å². The first-order valence-electron chi connectivity index (χ1n) is 7.19. The lowest BCUT2D eigenvalue weighted by Gasteiger charge is -2.34. The second kappa shape index (κ2) is 8.48. The molecule has 1 rings (SSSR count). The molecule has 1 fully saturated rings. The molecule has 4 heteroatoms. The molecule has 106 valence electrons. The number of aliphatic hydroxyl groups excluding tert-OH is 1. The van der Waals surface area contributed by atoms with Crippen LogP contribution in [0, 0.1) is 0 Å². The van der Waals surface area contributed by atoms with Gasteiger partial charge < -0.3 is 9.84 Å². The molecular formula is C14H27NO3. The van der Waals surface area contributed by atoms with E-state index < -0.39 is 0 Å². The van der Waals surface area contributed by atoms with Gasteiger partial charge in [-0.3, -0.25) is 9.69 Å². The highest BCUT2D eigenvalue weighted by molar-refractivity contribution is 5.75. The lowest BCUT2D eigenvalue weighted by atomic mass is 10.0. The molecule has 4 nitrogen and oxygen atoms in total. The average Bonchev–Trinajstić information content (AvgIpc) is 2.91. The highest BCUT2D eigenvalue weighted by Gasteiger charge is 2.32. The number of esters is 1. The minimum atomic E-state index is -0.176. The van der Waals surface area contributed by atoms with Crippen LogP contribution in [0.25, 0.3) is 0 Å². The molecule has 1 aliphatic carbocycles. The number of nitrogens with zero attached hydrogens (tertiary/aromatic N) is 1. The Hall–Kier alpha value is -0.610. The Morgan fingerprint density at radius 2 is 2.11 bits per heavy atom. The first kappa shape index (κ1) is 15.4. The number of ether oxygens (including phenoxy) is 1. The van der Waals surface area contributed by atoms with Crippen LogP contribution in [0.4, 0.5) is 0 Å². The molecule has 0 saturated heterocycles. The molecule has 18 heavy (non-hydrogen) atoms. The largest absolute Gasteiger partial charge is 0.468 e. The van der Waals surface area contributed by atoms with Crippen molar-refractivity contribution in [3.63, 3.8) is 0 Å². The highest BCUT2D eigenvalue weighted by atomic mass is 16.5. The standard InChI is InChI=1S/C14H27NO3/c1-3-4-9-13(14(17)18-2)15(10-11-16)12-7-5-6-8-12/h12-13,16H,3-11H2,1-2H3. The van der Waals surface area contributed by atoms with E-state index in [1.165, 1.54) is 20.0 Å². The molecule has 0 bridgehead atoms. The summed E-state index contributed by atoms with van der Waals surface area (Å²) in [5.74, 6) is -0.149. The average molecular weight is 257 g/mol. The van der Waals surface area contributed by atoms with E-state index in [1.54, 1.807) is 0 Å². The second-order valence-electron chi connectivity index (χ2n) is 5.08. The third-order valence-corrected chi connectivity index (χ3v) is 3.86. The molecule has 0 heterocycles. The third kappa shape index (κ3) is 4.25. The van der Waals surface area contributed by atoms with Gasteiger partial charge in [-0.25, -0.2) is 0 Å². The molecule has 1 unspecified atom stereocenters. The summed E-state index contributed by atoms with van der Waals surface area (Å²) >= 11 is 0. The maximum atomic E-state index is 11.9. The van der Waals surface area contributed by atoms with Crippen LogP contribution in [0.15, 0.2) is 0 Å². The normalized spacial score (nSPS) is 18.2. The van der Waals surface area contributed by atoms with Crippen molar-refractivity contribution in [2.75, 3.05) is 20.3 Å². The van der Waals surface area contributed by atoms with Gasteiger partial charge in [-0.05, 0) is 19.3 Å². The van der Waals surface area contributed by atoms with Crippen LogP contribution in [0.2, 0.25) is 0 Å². The summed E-state index contributed by atoms with van der Waals surface area (Å²) in [4.78, 5) is 14.1. The molecule has 0 spiro atoms. The van der Waals surface area contributed by atoms with E-state index in [0.29, 0.717) is 12.6 Å². The molecule has 0 radical (unpaired) electrons. The van der Waals surface area contributed by atoms with Crippen LogP contribution in [0.3, 0.4) is 0 Å². The van der Waals surface area contributed by atoms with Crippen LogP contribution in [0.1, 0.15) is 51.9 Å². The van der Waals surface area contributed by atoms with E-state index in [1.807, 2.05) is 0 Å². The molecule has 0 aromatic rings. The second-order valence-corrected chi connectivity index (χ2v) is 5.08. The van der Waals surface area contributed by atoms with Crippen molar-refractivity contribution >= 4 is 5.97 Å². The van der Waals surface area contributed by atoms with Gasteiger partial charge in [-0.2, -0.15) is 0 Å². The summed E-state index contributed by atoms with van der Waals surface area (Å²) in [5, 5.41) is 9.23. The zero-order valence-corrected chi connectivity index (χ0v) is 11.7. The predicted octanol–water partition coefficient (Wildman–Crippen LogP) is 1.96. The van der Waals surface area contributed by atoms with Crippen LogP contribution in [0.5, 0.6) is 0 Å². The number of aliphatic hydroxyl groups is 1. The van der Waals surface area contributed by atoms with Gasteiger partial charge in [-0.15, -0.1) is 0 Å². The van der Waals surface area contributed by atoms with E-state index in [0.717, 1.165) is 32.1 Å². The molecule has 1 saturated carbocycles. The Morgan fingerprint density at radius 1 is 1.44 bits per heavy atom. The SMILES string of the molecule is CCCCC(C(=O)OC)N(CCO)C1CCCC1. The summed E-state index contributed by atoms with van der Waals surface area (Å²) in [7, 11) is 1.45. The molecule has 0 amide bonds. The van der Waals surface area contributed by atoms with Gasteiger partial charge in [0, 0.05) is 12.6 Å². The minimum absolute atomic E-state index is 0.107. The van der Waals surface area contributed by atoms with Crippen molar-refractivity contribution in [1.82, 2.24) is 4.90 Å². The monoisotopic (exact) mass is 257 g/mol. The van der Waals surface area contributed by atoms with Crippen molar-refractivity contribution in [2.24, 2.45) is 0 Å². The summed E-state index contributed by atoms with van der Waals surface area (Å²) in [5.41, 5.74) is 0. The fourth-order valence-corrected chi connectivity index (χ4v) is 2.90. The summed E-state index contributed by atoms with van der Waals surface area (Å²) in [6.45, 7) is 2.81. The first-order chi connectivity index (χ1) is 8.74. The minimum Gasteiger partial charge on any atom is -0.468 e. The smallest absolute Gasteiger partial charge is 0.323 e. The zero-order chi connectivity index (χ0) is 13.4. The van der Waals surface area contributed by atoms with Crippen molar-refractivity contribution in [3.8, 4) is 0 Å². The molecule has 1 aliphatic rings. The topological polar surface area (TPSA) is 49.8 Å². The lowest BCUT2D eigenvalue weighted by molar-refractivity contribution is -0.148. The van der Waals surface area contributed by atoms with Gasteiger partial charge in [0.25, 0.3) is 0 Å². The van der Waals surface area contributed by atoms with Crippen LogP contribution in [-0.4, -0.2) is 48.3 Å². The number of carbonyl (C=O) groups excluding carboxylic acids is 1. The molecule has 0 aromatic heterocycles. The third-order valence-electron chi connectivity index (χ3n) is 3.86. The van der Waals surface area contributed by atoms with Gasteiger partial charge in [0.15, 0.2) is 0 Å². The van der Waals surface area contributed by atoms with E-state index in [9.17, 15) is 9.90 Å². The Morgan fingerprint density at radius 3 is 2.61 bits per heavy atom. The zero-order valence-electron chi connectivity index (χ0n) is 11.7. The molecular weight excluding hydrogens is 230 g/mol. The fraction of sp³-hybridized carbons (Fsp3) is 0.929. The molecule has 1 atom stereocenters. The molecule has 1 N–H and O–H groups in total. The maximum Gasteiger partial charge on any atom is 0.323 e. The van der Waals surface area contributed by atoms with Crippen molar-refractivity contribution in [3.05, 3.63) is 0 Å². The predicted molar refractivity (Wildman–Crippen MR) is 71.4 cm³/mol. The number of hydrogen-bond acceptors (Lipinski definition) is 4. The number of methoxy groups -OCH3 is 1. The maximum absolute atomic E-state index is 11.9. The number of unbranched alkanes of at least 4 members (excludes halogenated alkanes) is 1. The first-order valence-corrected chi connectivity index (χ1v) is 7.19. The fourth-order valence-electron chi connectivity index (χ4n) is 2.90. The van der Waals surface area contributed by atoms with E-state index in [-0.39, 0.29) is 18.6 Å². The summed E-state index contributed by atoms with van der Waals surface area (Å²) in [6, 6.07) is 0.267. The van der Waals surface area contributed by atoms with Crippen LogP contribution in [-0.2, 0) is 9.53 Å². The number of rotatable bonds is 8. The Balaban J connectivity index is 2.70. The Labute approximate surface area is 110 Å². The van der Waals surface area contributed by atoms with Crippen molar-refractivity contribution in [2.45, 2.75) is 64.0 Å². The van der Waals surface area contributed by atoms with Crippen molar-refractivity contribution in [1.29, 1.82) is 0 Å². The van der Waals surface area contributed by atoms with E-state index in [2.05, 4.69) is 11.8 Å². The van der Waals surface area contributed by atoms with Gasteiger partial charge in [0.2, 0.25) is 0 Å². The van der Waals surface area contributed by atoms with E-state index in [4.69, 9.17) is 4.74 Å². The Kier molecular flexibility index (Phi) is 7.28. The summed E-state index contributed by atoms with van der Waals surface area (Å²) in [6.07, 6.45) is 7.67. The Bertz CT molecular complexity index is 239. The van der Waals surface area contributed by atoms with Crippen LogP contribution >= 0.6 is 0 Å². The van der Waals surface area contributed by atoms with Gasteiger partial charge >= 0.3 is 5.97 Å². The number of carbonyl (C=O) groups is 1. The quantitative estimate of drug-likeness (QED) is 0.675.